The Kier molecular flexibility index (Phi) is 6.59. The Labute approximate surface area is 155 Å². The molecule has 0 fully saturated rings. The van der Waals surface area contributed by atoms with Gasteiger partial charge in [-0.3, -0.25) is 4.79 Å². The fourth-order valence-corrected chi connectivity index (χ4v) is 3.46. The van der Waals surface area contributed by atoms with Crippen LogP contribution in [0.2, 0.25) is 0 Å². The van der Waals surface area contributed by atoms with Crippen molar-refractivity contribution in [1.82, 2.24) is 0 Å². The quantitative estimate of drug-likeness (QED) is 0.637. The highest BCUT2D eigenvalue weighted by atomic mass is 35.5. The zero-order valence-electron chi connectivity index (χ0n) is 14.7. The van der Waals surface area contributed by atoms with Crippen molar-refractivity contribution < 1.29 is 27.3 Å². The van der Waals surface area contributed by atoms with E-state index in [1.807, 2.05) is 66.4 Å². The Balaban J connectivity index is 0.00000225. The van der Waals surface area contributed by atoms with Crippen LogP contribution in [-0.2, 0) is 15.1 Å². The molecule has 25 heavy (non-hydrogen) atoms. The molecule has 0 aromatic heterocycles. The van der Waals surface area contributed by atoms with Gasteiger partial charge in [-0.2, -0.15) is 0 Å². The number of para-hydroxylation sites is 1. The Morgan fingerprint density at radius 3 is 2.40 bits per heavy atom. The van der Waals surface area contributed by atoms with Crippen LogP contribution in [0.3, 0.4) is 0 Å². The van der Waals surface area contributed by atoms with Crippen molar-refractivity contribution in [3.05, 3.63) is 65.7 Å². The summed E-state index contributed by atoms with van der Waals surface area (Å²) < 4.78 is 6.15. The number of ether oxygens (including phenoxy) is 1. The summed E-state index contributed by atoms with van der Waals surface area (Å²) in [4.78, 5) is 15.3. The lowest BCUT2D eigenvalue weighted by Gasteiger charge is -2.29. The highest BCUT2D eigenvalue weighted by Gasteiger charge is 2.53. The molecule has 0 aliphatic carbocycles. The average molecular weight is 361 g/mol. The molecule has 5 heteroatoms. The summed E-state index contributed by atoms with van der Waals surface area (Å²) in [6.07, 6.45) is 0. The summed E-state index contributed by atoms with van der Waals surface area (Å²) >= 11 is 0. The number of carbonyl (C=O) groups excluding carboxylic acids is 1. The summed E-state index contributed by atoms with van der Waals surface area (Å²) in [7, 11) is 0. The molecule has 0 bridgehead atoms. The number of anilines is 1. The molecule has 1 heterocycles. The second kappa shape index (κ2) is 8.48. The molecule has 0 saturated carbocycles. The summed E-state index contributed by atoms with van der Waals surface area (Å²) in [5.41, 5.74) is 1.77. The summed E-state index contributed by atoms with van der Waals surface area (Å²) in [5.74, 6) is 0.0150. The van der Waals surface area contributed by atoms with Gasteiger partial charge in [0, 0.05) is 12.2 Å². The minimum absolute atomic E-state index is 0. The maximum Gasteiger partial charge on any atom is 0.268 e. The van der Waals surface area contributed by atoms with Crippen molar-refractivity contribution >= 4 is 11.6 Å². The predicted octanol–water partition coefficient (Wildman–Crippen LogP) is -1.10. The number of rotatable bonds is 7. The molecule has 1 unspecified atom stereocenters. The van der Waals surface area contributed by atoms with Gasteiger partial charge in [0.2, 0.25) is 0 Å². The van der Waals surface area contributed by atoms with Crippen LogP contribution in [0.1, 0.15) is 25.0 Å². The van der Waals surface area contributed by atoms with E-state index in [2.05, 4.69) is 12.2 Å². The lowest BCUT2D eigenvalue weighted by Crippen LogP contribution is -3.00. The van der Waals surface area contributed by atoms with E-state index in [1.165, 1.54) is 0 Å². The highest BCUT2D eigenvalue weighted by molar-refractivity contribution is 6.09. The van der Waals surface area contributed by atoms with Crippen LogP contribution in [0, 0.1) is 0 Å². The van der Waals surface area contributed by atoms with E-state index in [0.717, 1.165) is 29.9 Å². The van der Waals surface area contributed by atoms with E-state index in [9.17, 15) is 4.79 Å². The van der Waals surface area contributed by atoms with Crippen molar-refractivity contribution in [2.45, 2.75) is 19.4 Å². The van der Waals surface area contributed by atoms with Gasteiger partial charge in [0.15, 0.2) is 5.60 Å². The number of amides is 1. The number of benzene rings is 2. The first-order chi connectivity index (χ1) is 11.8. The number of nitrogens with zero attached hydrogens (tertiary/aromatic N) is 1. The molecular formula is C20H25ClN2O2. The molecule has 0 radical (unpaired) electrons. The molecule has 134 valence electrons. The number of hydrogen-bond acceptors (Lipinski definition) is 2. The van der Waals surface area contributed by atoms with E-state index in [-0.39, 0.29) is 18.3 Å². The smallest absolute Gasteiger partial charge is 0.268 e. The summed E-state index contributed by atoms with van der Waals surface area (Å²) in [5, 5.41) is 2.21. The molecule has 1 aliphatic rings. The fourth-order valence-electron chi connectivity index (χ4n) is 3.46. The summed E-state index contributed by atoms with van der Waals surface area (Å²) in [6, 6.07) is 17.8. The first kappa shape index (κ1) is 19.4. The van der Waals surface area contributed by atoms with E-state index >= 15 is 0 Å². The Bertz CT molecular complexity index is 708. The molecule has 2 aromatic carbocycles. The fraction of sp³-hybridized carbons (Fsp3) is 0.350. The van der Waals surface area contributed by atoms with Crippen LogP contribution < -0.4 is 22.6 Å². The minimum Gasteiger partial charge on any atom is -1.00 e. The zero-order chi connectivity index (χ0) is 17.0. The number of carbonyl (C=O) groups is 1. The van der Waals surface area contributed by atoms with Gasteiger partial charge >= 0.3 is 0 Å². The zero-order valence-corrected chi connectivity index (χ0v) is 15.5. The van der Waals surface area contributed by atoms with E-state index in [0.29, 0.717) is 13.2 Å². The Morgan fingerprint density at radius 2 is 1.72 bits per heavy atom. The monoisotopic (exact) mass is 360 g/mol. The molecule has 4 nitrogen and oxygen atoms in total. The lowest BCUT2D eigenvalue weighted by atomic mass is 9.87. The molecule has 1 aliphatic heterocycles. The number of fused-ring (bicyclic) bond motifs is 1. The number of halogens is 1. The second-order valence-electron chi connectivity index (χ2n) is 5.94. The third kappa shape index (κ3) is 3.30. The van der Waals surface area contributed by atoms with Crippen molar-refractivity contribution in [3.63, 3.8) is 0 Å². The van der Waals surface area contributed by atoms with Crippen molar-refractivity contribution in [2.75, 3.05) is 31.1 Å². The molecule has 0 spiro atoms. The van der Waals surface area contributed by atoms with Gasteiger partial charge in [-0.1, -0.05) is 48.5 Å². The molecule has 3 rings (SSSR count). The molecule has 2 N–H and O–H groups in total. The van der Waals surface area contributed by atoms with Crippen LogP contribution >= 0.6 is 0 Å². The first-order valence-corrected chi connectivity index (χ1v) is 8.68. The van der Waals surface area contributed by atoms with Crippen molar-refractivity contribution in [1.29, 1.82) is 0 Å². The topological polar surface area (TPSA) is 46.2 Å². The van der Waals surface area contributed by atoms with Crippen LogP contribution in [0.5, 0.6) is 0 Å². The number of quaternary nitrogens is 1. The third-order valence-electron chi connectivity index (χ3n) is 4.51. The highest BCUT2D eigenvalue weighted by Crippen LogP contribution is 2.46. The van der Waals surface area contributed by atoms with E-state index in [4.69, 9.17) is 4.74 Å². The van der Waals surface area contributed by atoms with E-state index in [1.54, 1.807) is 0 Å². The molecule has 0 saturated heterocycles. The number of nitrogens with two attached hydrogens (primary N) is 1. The van der Waals surface area contributed by atoms with E-state index < -0.39 is 5.60 Å². The molecule has 2 aromatic rings. The predicted molar refractivity (Wildman–Crippen MR) is 95.0 cm³/mol. The standard InChI is InChI=1S/C20H24N2O2.ClH/c1-3-21-14-15-22-18-13-9-8-12-17(18)20(19(22)23,24-4-2)16-10-6-5-7-11-16;/h5-13,21H,3-4,14-15H2,1-2H3;1H. The largest absolute Gasteiger partial charge is 1.00 e. The first-order valence-electron chi connectivity index (χ1n) is 8.68. The number of likely N-dealkylation sites (N-methyl/N-ethyl adjacent to an activating group) is 1. The normalized spacial score (nSPS) is 18.8. The molecule has 1 amide bonds. The van der Waals surface area contributed by atoms with Crippen LogP contribution in [0.15, 0.2) is 54.6 Å². The molecular weight excluding hydrogens is 336 g/mol. The second-order valence-corrected chi connectivity index (χ2v) is 5.94. The third-order valence-corrected chi connectivity index (χ3v) is 4.51. The van der Waals surface area contributed by atoms with Gasteiger partial charge in [0.25, 0.3) is 5.91 Å². The van der Waals surface area contributed by atoms with Gasteiger partial charge < -0.3 is 27.4 Å². The van der Waals surface area contributed by atoms with Gasteiger partial charge in [0.1, 0.15) is 0 Å². The van der Waals surface area contributed by atoms with Crippen molar-refractivity contribution in [2.24, 2.45) is 0 Å². The van der Waals surface area contributed by atoms with Gasteiger partial charge in [-0.05, 0) is 25.5 Å². The van der Waals surface area contributed by atoms with Gasteiger partial charge in [0.05, 0.1) is 25.3 Å². The SMILES string of the molecule is CC[NH2+]CCN1C(=O)C(OCC)(c2ccccc2)c2ccccc21.[Cl-]. The summed E-state index contributed by atoms with van der Waals surface area (Å²) in [6.45, 7) is 7.12. The lowest BCUT2D eigenvalue weighted by molar-refractivity contribution is -0.649. The van der Waals surface area contributed by atoms with Crippen LogP contribution in [0.25, 0.3) is 0 Å². The maximum absolute atomic E-state index is 13.5. The molecule has 1 atom stereocenters. The Hall–Kier alpha value is -1.88. The maximum atomic E-state index is 13.5. The minimum atomic E-state index is -1.03. The Morgan fingerprint density at radius 1 is 1.04 bits per heavy atom. The average Bonchev–Trinajstić information content (AvgIpc) is 2.86. The number of hydrogen-bond donors (Lipinski definition) is 1. The van der Waals surface area contributed by atoms with Crippen LogP contribution in [-0.4, -0.2) is 32.1 Å². The van der Waals surface area contributed by atoms with Crippen LogP contribution in [0.4, 0.5) is 5.69 Å². The van der Waals surface area contributed by atoms with Gasteiger partial charge in [-0.15, -0.1) is 0 Å². The van der Waals surface area contributed by atoms with Crippen molar-refractivity contribution in [3.8, 4) is 0 Å². The van der Waals surface area contributed by atoms with Gasteiger partial charge in [-0.25, -0.2) is 0 Å².